The van der Waals surface area contributed by atoms with E-state index in [0.717, 1.165) is 5.56 Å². The van der Waals surface area contributed by atoms with Crippen molar-refractivity contribution < 1.29 is 19.1 Å². The fraction of sp³-hybridized carbons (Fsp3) is 0.474. The number of rotatable bonds is 9. The molecule has 0 bridgehead atoms. The van der Waals surface area contributed by atoms with Crippen molar-refractivity contribution in [3.05, 3.63) is 35.9 Å². The molecular formula is C19H25NO4. The second kappa shape index (κ2) is 11.3. The van der Waals surface area contributed by atoms with Crippen molar-refractivity contribution in [2.45, 2.75) is 39.8 Å². The molecule has 0 saturated heterocycles. The van der Waals surface area contributed by atoms with Crippen LogP contribution < -0.4 is 0 Å². The minimum Gasteiger partial charge on any atom is -0.464 e. The van der Waals surface area contributed by atoms with Gasteiger partial charge in [-0.1, -0.05) is 30.3 Å². The van der Waals surface area contributed by atoms with Gasteiger partial charge in [-0.3, -0.25) is 4.90 Å². The molecule has 0 unspecified atom stereocenters. The van der Waals surface area contributed by atoms with Crippen molar-refractivity contribution >= 4 is 11.9 Å². The normalized spacial score (nSPS) is 10.2. The lowest BCUT2D eigenvalue weighted by molar-refractivity contribution is -0.164. The van der Waals surface area contributed by atoms with E-state index < -0.39 is 18.0 Å². The molecule has 0 N–H and O–H groups in total. The number of benzene rings is 1. The van der Waals surface area contributed by atoms with Crippen LogP contribution in [-0.4, -0.2) is 42.6 Å². The highest BCUT2D eigenvalue weighted by molar-refractivity contribution is 5.99. The molecule has 5 nitrogen and oxygen atoms in total. The van der Waals surface area contributed by atoms with Crippen LogP contribution in [0.25, 0.3) is 0 Å². The van der Waals surface area contributed by atoms with E-state index in [-0.39, 0.29) is 13.2 Å². The van der Waals surface area contributed by atoms with E-state index in [1.807, 2.05) is 30.3 Å². The first-order chi connectivity index (χ1) is 11.6. The van der Waals surface area contributed by atoms with Gasteiger partial charge in [0.2, 0.25) is 6.04 Å². The third kappa shape index (κ3) is 6.43. The summed E-state index contributed by atoms with van der Waals surface area (Å²) in [6, 6.07) is 8.58. The highest BCUT2D eigenvalue weighted by atomic mass is 16.6. The molecule has 24 heavy (non-hydrogen) atoms. The van der Waals surface area contributed by atoms with E-state index in [1.54, 1.807) is 25.7 Å². The van der Waals surface area contributed by atoms with E-state index in [9.17, 15) is 9.59 Å². The Morgan fingerprint density at radius 3 is 2.17 bits per heavy atom. The first-order valence-electron chi connectivity index (χ1n) is 8.14. The number of carbonyl (C=O) groups excluding carboxylic acids is 2. The average Bonchev–Trinajstić information content (AvgIpc) is 2.56. The maximum Gasteiger partial charge on any atom is 0.335 e. The van der Waals surface area contributed by atoms with Gasteiger partial charge in [0.15, 0.2) is 0 Å². The number of nitrogens with zero attached hydrogens (tertiary/aromatic N) is 1. The number of hydrogen-bond donors (Lipinski definition) is 0. The van der Waals surface area contributed by atoms with Crippen molar-refractivity contribution in [3.8, 4) is 11.8 Å². The van der Waals surface area contributed by atoms with Gasteiger partial charge in [-0.2, -0.15) is 0 Å². The lowest BCUT2D eigenvalue weighted by atomic mass is 10.1. The zero-order valence-corrected chi connectivity index (χ0v) is 14.6. The van der Waals surface area contributed by atoms with E-state index in [1.165, 1.54) is 0 Å². The number of carbonyl (C=O) groups is 2. The molecule has 1 aromatic carbocycles. The molecule has 1 rings (SSSR count). The third-order valence-electron chi connectivity index (χ3n) is 3.31. The molecule has 0 radical (unpaired) electrons. The molecule has 5 heteroatoms. The standard InChI is InChI=1S/C19H25NO4/c1-4-7-11-14-20(15-16-12-9-8-10-13-16)17(18(21)23-5-2)19(22)24-6-3/h8-10,12-13,17H,5-6,11,14-15H2,1-3H3. The molecule has 0 amide bonds. The molecule has 1 aromatic rings. The monoisotopic (exact) mass is 331 g/mol. The smallest absolute Gasteiger partial charge is 0.335 e. The van der Waals surface area contributed by atoms with E-state index in [2.05, 4.69) is 11.8 Å². The van der Waals surface area contributed by atoms with Crippen molar-refractivity contribution in [1.82, 2.24) is 4.90 Å². The second-order valence-corrected chi connectivity index (χ2v) is 5.04. The molecule has 0 aliphatic rings. The first-order valence-corrected chi connectivity index (χ1v) is 8.14. The van der Waals surface area contributed by atoms with Gasteiger partial charge in [-0.25, -0.2) is 9.59 Å². The highest BCUT2D eigenvalue weighted by Crippen LogP contribution is 2.12. The Kier molecular flexibility index (Phi) is 9.25. The predicted octanol–water partition coefficient (Wildman–Crippen LogP) is 2.40. The van der Waals surface area contributed by atoms with Gasteiger partial charge >= 0.3 is 11.9 Å². The topological polar surface area (TPSA) is 55.8 Å². The summed E-state index contributed by atoms with van der Waals surface area (Å²) in [6.45, 7) is 6.52. The molecule has 0 aromatic heterocycles. The van der Waals surface area contributed by atoms with Gasteiger partial charge in [0.05, 0.1) is 13.2 Å². The van der Waals surface area contributed by atoms with Crippen LogP contribution in [0.3, 0.4) is 0 Å². The molecule has 0 atom stereocenters. The fourth-order valence-electron chi connectivity index (χ4n) is 2.28. The summed E-state index contributed by atoms with van der Waals surface area (Å²) in [6.07, 6.45) is 0.554. The summed E-state index contributed by atoms with van der Waals surface area (Å²) in [7, 11) is 0. The molecule has 0 aliphatic heterocycles. The Bertz CT molecular complexity index is 556. The fourth-order valence-corrected chi connectivity index (χ4v) is 2.28. The Balaban J connectivity index is 3.03. The maximum atomic E-state index is 12.3. The SMILES string of the molecule is CC#CCCN(Cc1ccccc1)C(C(=O)OCC)C(=O)OCC. The third-order valence-corrected chi connectivity index (χ3v) is 3.31. The molecule has 130 valence electrons. The van der Waals surface area contributed by atoms with E-state index in [0.29, 0.717) is 19.5 Å². The van der Waals surface area contributed by atoms with Crippen LogP contribution in [0.2, 0.25) is 0 Å². The number of hydrogen-bond acceptors (Lipinski definition) is 5. The summed E-state index contributed by atoms with van der Waals surface area (Å²) < 4.78 is 10.2. The van der Waals surface area contributed by atoms with Crippen LogP contribution in [0.1, 0.15) is 32.8 Å². The maximum absolute atomic E-state index is 12.3. The van der Waals surface area contributed by atoms with E-state index >= 15 is 0 Å². The Hall–Kier alpha value is -2.32. The van der Waals surface area contributed by atoms with Crippen LogP contribution in [0.5, 0.6) is 0 Å². The van der Waals surface area contributed by atoms with Crippen molar-refractivity contribution in [2.24, 2.45) is 0 Å². The highest BCUT2D eigenvalue weighted by Gasteiger charge is 2.35. The second-order valence-electron chi connectivity index (χ2n) is 5.04. The molecule has 0 spiro atoms. The molecule has 0 aliphatic carbocycles. The molecular weight excluding hydrogens is 306 g/mol. The molecule has 0 saturated carbocycles. The largest absolute Gasteiger partial charge is 0.464 e. The summed E-state index contributed by atoms with van der Waals surface area (Å²) in [5.74, 6) is 4.62. The van der Waals surface area contributed by atoms with Crippen LogP contribution in [0.15, 0.2) is 30.3 Å². The predicted molar refractivity (Wildman–Crippen MR) is 92.0 cm³/mol. The number of ether oxygens (including phenoxy) is 2. The summed E-state index contributed by atoms with van der Waals surface area (Å²) in [5, 5.41) is 0. The van der Waals surface area contributed by atoms with Gasteiger partial charge in [0.25, 0.3) is 0 Å². The average molecular weight is 331 g/mol. The van der Waals surface area contributed by atoms with Crippen LogP contribution in [0.4, 0.5) is 0 Å². The van der Waals surface area contributed by atoms with Crippen molar-refractivity contribution in [1.29, 1.82) is 0 Å². The lowest BCUT2D eigenvalue weighted by Crippen LogP contribution is -2.48. The van der Waals surface area contributed by atoms with Crippen molar-refractivity contribution in [3.63, 3.8) is 0 Å². The van der Waals surface area contributed by atoms with Gasteiger partial charge in [-0.15, -0.1) is 11.8 Å². The van der Waals surface area contributed by atoms with Crippen LogP contribution in [-0.2, 0) is 25.6 Å². The van der Waals surface area contributed by atoms with E-state index in [4.69, 9.17) is 9.47 Å². The summed E-state index contributed by atoms with van der Waals surface area (Å²) >= 11 is 0. The van der Waals surface area contributed by atoms with Crippen LogP contribution in [0, 0.1) is 11.8 Å². The van der Waals surface area contributed by atoms with Gasteiger partial charge in [0, 0.05) is 19.5 Å². The van der Waals surface area contributed by atoms with Gasteiger partial charge < -0.3 is 9.47 Å². The quantitative estimate of drug-likeness (QED) is 0.395. The summed E-state index contributed by atoms with van der Waals surface area (Å²) in [5.41, 5.74) is 1.00. The Morgan fingerprint density at radius 1 is 1.08 bits per heavy atom. The van der Waals surface area contributed by atoms with Crippen LogP contribution >= 0.6 is 0 Å². The zero-order chi connectivity index (χ0) is 17.8. The number of esters is 2. The lowest BCUT2D eigenvalue weighted by Gasteiger charge is -2.28. The Morgan fingerprint density at radius 2 is 1.67 bits per heavy atom. The minimum absolute atomic E-state index is 0.211. The zero-order valence-electron chi connectivity index (χ0n) is 14.6. The summed E-state index contributed by atoms with van der Waals surface area (Å²) in [4.78, 5) is 26.4. The van der Waals surface area contributed by atoms with Gasteiger partial charge in [-0.05, 0) is 26.3 Å². The van der Waals surface area contributed by atoms with Crippen molar-refractivity contribution in [2.75, 3.05) is 19.8 Å². The molecule has 0 heterocycles. The molecule has 0 fully saturated rings. The Labute approximate surface area is 143 Å². The van der Waals surface area contributed by atoms with Gasteiger partial charge in [0.1, 0.15) is 0 Å². The minimum atomic E-state index is -1.08. The first kappa shape index (κ1) is 19.7.